The molecule has 23 heavy (non-hydrogen) atoms. The molecule has 1 aromatic heterocycles. The summed E-state index contributed by atoms with van der Waals surface area (Å²) in [5.74, 6) is 0.0391. The van der Waals surface area contributed by atoms with Crippen LogP contribution >= 0.6 is 23.2 Å². The van der Waals surface area contributed by atoms with E-state index < -0.39 is 6.04 Å². The minimum absolute atomic E-state index is 0.0391. The summed E-state index contributed by atoms with van der Waals surface area (Å²) >= 11 is 12.3. The van der Waals surface area contributed by atoms with Crippen molar-refractivity contribution >= 4 is 29.1 Å². The lowest BCUT2D eigenvalue weighted by Crippen LogP contribution is -2.42. The molecule has 1 aliphatic rings. The smallest absolute Gasteiger partial charge is 0.244 e. The van der Waals surface area contributed by atoms with Crippen molar-refractivity contribution in [2.75, 3.05) is 13.6 Å². The van der Waals surface area contributed by atoms with Gasteiger partial charge in [0, 0.05) is 31.9 Å². The number of likely N-dealkylation sites (N-methyl/N-ethyl adjacent to an activating group) is 1. The number of fused-ring (bicyclic) bond motifs is 1. The second-order valence-electron chi connectivity index (χ2n) is 5.68. The van der Waals surface area contributed by atoms with Crippen LogP contribution in [-0.4, -0.2) is 34.2 Å². The van der Waals surface area contributed by atoms with Crippen LogP contribution in [0.25, 0.3) is 0 Å². The number of hydrogen-bond donors (Lipinski definition) is 1. The minimum Gasteiger partial charge on any atom is -0.336 e. The number of rotatable bonds is 3. The molecule has 1 atom stereocenters. The van der Waals surface area contributed by atoms with Gasteiger partial charge in [0.15, 0.2) is 0 Å². The average molecular weight is 353 g/mol. The maximum Gasteiger partial charge on any atom is 0.244 e. The van der Waals surface area contributed by atoms with Crippen molar-refractivity contribution in [1.29, 1.82) is 0 Å². The van der Waals surface area contributed by atoms with Gasteiger partial charge in [-0.3, -0.25) is 9.48 Å². The maximum atomic E-state index is 12.9. The standard InChI is InChI=1S/C16H18Cl2N4O/c1-19-15(11-7-20-21(2)8-11)16(23)22-6-5-12-10(9-22)3-4-13(17)14(12)18/h3-4,7-8,15,19H,5-6,9H2,1-2H3. The number of carbonyl (C=O) groups is 1. The molecular formula is C16H18Cl2N4O. The van der Waals surface area contributed by atoms with E-state index >= 15 is 0 Å². The molecule has 5 nitrogen and oxygen atoms in total. The third kappa shape index (κ3) is 3.09. The molecule has 3 rings (SSSR count). The van der Waals surface area contributed by atoms with E-state index in [0.29, 0.717) is 29.6 Å². The Morgan fingerprint density at radius 3 is 2.83 bits per heavy atom. The molecule has 2 aromatic rings. The molecule has 1 aromatic carbocycles. The fourth-order valence-corrected chi connectivity index (χ4v) is 3.43. The lowest BCUT2D eigenvalue weighted by atomic mass is 9.98. The normalized spacial score (nSPS) is 15.4. The molecule has 0 fully saturated rings. The minimum atomic E-state index is -0.395. The number of aromatic nitrogens is 2. The third-order valence-corrected chi connectivity index (χ3v) is 5.03. The number of carbonyl (C=O) groups excluding carboxylic acids is 1. The molecule has 0 bridgehead atoms. The van der Waals surface area contributed by atoms with Crippen molar-refractivity contribution in [1.82, 2.24) is 20.0 Å². The topological polar surface area (TPSA) is 50.2 Å². The molecule has 0 saturated heterocycles. The summed E-state index contributed by atoms with van der Waals surface area (Å²) in [6.45, 7) is 1.17. The number of nitrogens with one attached hydrogen (secondary N) is 1. The average Bonchev–Trinajstić information content (AvgIpc) is 2.97. The van der Waals surface area contributed by atoms with Gasteiger partial charge in [0.25, 0.3) is 0 Å². The predicted molar refractivity (Wildman–Crippen MR) is 90.6 cm³/mol. The van der Waals surface area contributed by atoms with Gasteiger partial charge in [-0.05, 0) is 30.7 Å². The third-order valence-electron chi connectivity index (χ3n) is 4.19. The molecule has 1 amide bonds. The first-order chi connectivity index (χ1) is 11.0. The van der Waals surface area contributed by atoms with Crippen LogP contribution in [0, 0.1) is 0 Å². The van der Waals surface area contributed by atoms with Crippen LogP contribution in [0.1, 0.15) is 22.7 Å². The van der Waals surface area contributed by atoms with E-state index in [1.54, 1.807) is 24.0 Å². The number of benzene rings is 1. The van der Waals surface area contributed by atoms with E-state index in [4.69, 9.17) is 23.2 Å². The Bertz CT molecular complexity index is 744. The van der Waals surface area contributed by atoms with Gasteiger partial charge in [-0.25, -0.2) is 0 Å². The second-order valence-corrected chi connectivity index (χ2v) is 6.46. The van der Waals surface area contributed by atoms with Crippen LogP contribution in [0.15, 0.2) is 24.5 Å². The molecule has 1 unspecified atom stereocenters. The van der Waals surface area contributed by atoms with E-state index in [9.17, 15) is 4.79 Å². The van der Waals surface area contributed by atoms with Gasteiger partial charge in [0.1, 0.15) is 6.04 Å². The van der Waals surface area contributed by atoms with Crippen LogP contribution in [0.2, 0.25) is 10.0 Å². The van der Waals surface area contributed by atoms with Crippen molar-refractivity contribution in [2.45, 2.75) is 19.0 Å². The van der Waals surface area contributed by atoms with Gasteiger partial charge in [0.05, 0.1) is 16.2 Å². The molecule has 122 valence electrons. The zero-order valence-corrected chi connectivity index (χ0v) is 14.5. The first-order valence-corrected chi connectivity index (χ1v) is 8.17. The van der Waals surface area contributed by atoms with E-state index in [0.717, 1.165) is 16.7 Å². The van der Waals surface area contributed by atoms with Crippen LogP contribution < -0.4 is 5.32 Å². The van der Waals surface area contributed by atoms with Crippen LogP contribution in [0.3, 0.4) is 0 Å². The van der Waals surface area contributed by atoms with Crippen molar-refractivity contribution < 1.29 is 4.79 Å². The lowest BCUT2D eigenvalue weighted by Gasteiger charge is -2.32. The van der Waals surface area contributed by atoms with Crippen molar-refractivity contribution in [3.8, 4) is 0 Å². The largest absolute Gasteiger partial charge is 0.336 e. The van der Waals surface area contributed by atoms with Gasteiger partial charge in [-0.1, -0.05) is 29.3 Å². The molecule has 7 heteroatoms. The number of hydrogen-bond acceptors (Lipinski definition) is 3. The molecular weight excluding hydrogens is 335 g/mol. The monoisotopic (exact) mass is 352 g/mol. The summed E-state index contributed by atoms with van der Waals surface area (Å²) in [7, 11) is 3.62. The van der Waals surface area contributed by atoms with Gasteiger partial charge in [0.2, 0.25) is 5.91 Å². The van der Waals surface area contributed by atoms with Gasteiger partial charge < -0.3 is 10.2 Å². The van der Waals surface area contributed by atoms with Crippen molar-refractivity contribution in [3.63, 3.8) is 0 Å². The van der Waals surface area contributed by atoms with Crippen LogP contribution in [0.5, 0.6) is 0 Å². The SMILES string of the molecule is CNC(C(=O)N1CCc2c(ccc(Cl)c2Cl)C1)c1cnn(C)c1. The fraction of sp³-hybridized carbons (Fsp3) is 0.375. The second kappa shape index (κ2) is 6.51. The summed E-state index contributed by atoms with van der Waals surface area (Å²) < 4.78 is 1.69. The molecule has 2 heterocycles. The summed E-state index contributed by atoms with van der Waals surface area (Å²) in [6, 6.07) is 3.34. The Morgan fingerprint density at radius 1 is 1.39 bits per heavy atom. The first-order valence-electron chi connectivity index (χ1n) is 7.41. The Kier molecular flexibility index (Phi) is 4.62. The highest BCUT2D eigenvalue weighted by Gasteiger charge is 2.29. The van der Waals surface area contributed by atoms with E-state index in [2.05, 4.69) is 10.4 Å². The summed E-state index contributed by atoms with van der Waals surface area (Å²) in [5.41, 5.74) is 2.96. The Hall–Kier alpha value is -1.56. The van der Waals surface area contributed by atoms with E-state index in [1.807, 2.05) is 24.2 Å². The Balaban J connectivity index is 1.82. The summed E-state index contributed by atoms with van der Waals surface area (Å²) in [5, 5.41) is 8.39. The lowest BCUT2D eigenvalue weighted by molar-refractivity contribution is -0.134. The molecule has 0 saturated carbocycles. The maximum absolute atomic E-state index is 12.9. The molecule has 0 radical (unpaired) electrons. The zero-order valence-electron chi connectivity index (χ0n) is 13.0. The number of aryl methyl sites for hydroxylation is 1. The van der Waals surface area contributed by atoms with Gasteiger partial charge in [-0.15, -0.1) is 0 Å². The van der Waals surface area contributed by atoms with E-state index in [-0.39, 0.29) is 5.91 Å². The fourth-order valence-electron chi connectivity index (χ4n) is 2.98. The van der Waals surface area contributed by atoms with Gasteiger partial charge >= 0.3 is 0 Å². The summed E-state index contributed by atoms with van der Waals surface area (Å²) in [4.78, 5) is 14.7. The highest BCUT2D eigenvalue weighted by Crippen LogP contribution is 2.32. The summed E-state index contributed by atoms with van der Waals surface area (Å²) in [6.07, 6.45) is 4.28. The van der Waals surface area contributed by atoms with E-state index in [1.165, 1.54) is 0 Å². The molecule has 1 aliphatic heterocycles. The van der Waals surface area contributed by atoms with Crippen LogP contribution in [-0.2, 0) is 24.8 Å². The first kappa shape index (κ1) is 16.3. The highest BCUT2D eigenvalue weighted by atomic mass is 35.5. The quantitative estimate of drug-likeness (QED) is 0.923. The van der Waals surface area contributed by atoms with Crippen molar-refractivity contribution in [3.05, 3.63) is 51.3 Å². The molecule has 0 aliphatic carbocycles. The number of halogens is 2. The number of nitrogens with zero attached hydrogens (tertiary/aromatic N) is 3. The Labute approximate surface area is 145 Å². The van der Waals surface area contributed by atoms with Gasteiger partial charge in [-0.2, -0.15) is 5.10 Å². The Morgan fingerprint density at radius 2 is 2.17 bits per heavy atom. The molecule has 1 N–H and O–H groups in total. The van der Waals surface area contributed by atoms with Crippen molar-refractivity contribution in [2.24, 2.45) is 7.05 Å². The highest BCUT2D eigenvalue weighted by molar-refractivity contribution is 6.42. The predicted octanol–water partition coefficient (Wildman–Crippen LogP) is 2.57. The number of amides is 1. The zero-order chi connectivity index (χ0) is 16.6. The molecule has 0 spiro atoms. The van der Waals surface area contributed by atoms with Crippen LogP contribution in [0.4, 0.5) is 0 Å².